The van der Waals surface area contributed by atoms with Crippen molar-refractivity contribution < 1.29 is 5.11 Å². The standard InChI is InChI=1S/C14H21NO/c1-10(2)14(3)7-5-11-9-15(4)13(16)12(11)6-8-14/h5-8,10,13,16H,9H2,1-4H3. The van der Waals surface area contributed by atoms with Gasteiger partial charge >= 0.3 is 0 Å². The summed E-state index contributed by atoms with van der Waals surface area (Å²) in [6, 6.07) is 0. The van der Waals surface area contributed by atoms with Gasteiger partial charge in [0.2, 0.25) is 0 Å². The third-order valence-corrected chi connectivity index (χ3v) is 4.00. The summed E-state index contributed by atoms with van der Waals surface area (Å²) >= 11 is 0. The molecule has 1 N–H and O–H groups in total. The van der Waals surface area contributed by atoms with Gasteiger partial charge in [0.15, 0.2) is 0 Å². The van der Waals surface area contributed by atoms with Crippen molar-refractivity contribution in [2.45, 2.75) is 27.0 Å². The molecule has 2 nitrogen and oxygen atoms in total. The number of hydrogen-bond acceptors (Lipinski definition) is 2. The minimum Gasteiger partial charge on any atom is -0.374 e. The highest BCUT2D eigenvalue weighted by Gasteiger charge is 2.30. The van der Waals surface area contributed by atoms with Crippen LogP contribution >= 0.6 is 0 Å². The maximum Gasteiger partial charge on any atom is 0.133 e. The monoisotopic (exact) mass is 219 g/mol. The van der Waals surface area contributed by atoms with Gasteiger partial charge in [-0.15, -0.1) is 0 Å². The summed E-state index contributed by atoms with van der Waals surface area (Å²) in [5.74, 6) is 0.565. The van der Waals surface area contributed by atoms with E-state index in [2.05, 4.69) is 45.1 Å². The van der Waals surface area contributed by atoms with E-state index in [0.29, 0.717) is 5.92 Å². The molecule has 88 valence electrons. The van der Waals surface area contributed by atoms with Gasteiger partial charge < -0.3 is 5.11 Å². The minimum atomic E-state index is -0.439. The molecule has 0 saturated heterocycles. The molecule has 16 heavy (non-hydrogen) atoms. The van der Waals surface area contributed by atoms with E-state index in [9.17, 15) is 5.11 Å². The average molecular weight is 219 g/mol. The number of aliphatic hydroxyl groups excluding tert-OH is 1. The number of hydrogen-bond donors (Lipinski definition) is 1. The fraction of sp³-hybridized carbons (Fsp3) is 0.571. The van der Waals surface area contributed by atoms with Crippen LogP contribution in [0.3, 0.4) is 0 Å². The van der Waals surface area contributed by atoms with Crippen LogP contribution in [-0.4, -0.2) is 29.8 Å². The molecule has 0 amide bonds. The van der Waals surface area contributed by atoms with Crippen LogP contribution in [0.15, 0.2) is 35.5 Å². The van der Waals surface area contributed by atoms with Crippen molar-refractivity contribution in [1.29, 1.82) is 0 Å². The van der Waals surface area contributed by atoms with Gasteiger partial charge in [0.05, 0.1) is 0 Å². The summed E-state index contributed by atoms with van der Waals surface area (Å²) in [5, 5.41) is 10.0. The third-order valence-electron chi connectivity index (χ3n) is 4.00. The topological polar surface area (TPSA) is 23.5 Å². The lowest BCUT2D eigenvalue weighted by Gasteiger charge is -2.26. The van der Waals surface area contributed by atoms with E-state index in [0.717, 1.165) is 12.1 Å². The largest absolute Gasteiger partial charge is 0.374 e. The summed E-state index contributed by atoms with van der Waals surface area (Å²) < 4.78 is 0. The Morgan fingerprint density at radius 2 is 2.00 bits per heavy atom. The maximum atomic E-state index is 10.0. The van der Waals surface area contributed by atoms with Crippen LogP contribution in [0.1, 0.15) is 20.8 Å². The van der Waals surface area contributed by atoms with Gasteiger partial charge in [-0.2, -0.15) is 0 Å². The highest BCUT2D eigenvalue weighted by atomic mass is 16.3. The summed E-state index contributed by atoms with van der Waals surface area (Å²) in [7, 11) is 1.95. The molecule has 0 radical (unpaired) electrons. The Morgan fingerprint density at radius 1 is 1.38 bits per heavy atom. The van der Waals surface area contributed by atoms with E-state index < -0.39 is 6.23 Å². The van der Waals surface area contributed by atoms with E-state index >= 15 is 0 Å². The second-order valence-corrected chi connectivity index (χ2v) is 5.46. The van der Waals surface area contributed by atoms with E-state index in [1.165, 1.54) is 5.57 Å². The normalized spacial score (nSPS) is 34.8. The van der Waals surface area contributed by atoms with Crippen molar-refractivity contribution in [3.05, 3.63) is 35.5 Å². The molecule has 0 saturated carbocycles. The molecule has 2 unspecified atom stereocenters. The second kappa shape index (κ2) is 3.86. The molecule has 0 fully saturated rings. The van der Waals surface area contributed by atoms with E-state index in [4.69, 9.17) is 0 Å². The van der Waals surface area contributed by atoms with Crippen LogP contribution in [0.5, 0.6) is 0 Å². The molecule has 0 aromatic carbocycles. The molecule has 2 atom stereocenters. The molecule has 2 aliphatic rings. The van der Waals surface area contributed by atoms with Gasteiger partial charge in [0.25, 0.3) is 0 Å². The minimum absolute atomic E-state index is 0.0998. The fourth-order valence-corrected chi connectivity index (χ4v) is 2.18. The van der Waals surface area contributed by atoms with Crippen molar-refractivity contribution in [3.63, 3.8) is 0 Å². The van der Waals surface area contributed by atoms with Crippen LogP contribution in [-0.2, 0) is 0 Å². The van der Waals surface area contributed by atoms with Crippen molar-refractivity contribution in [1.82, 2.24) is 4.90 Å². The van der Waals surface area contributed by atoms with Crippen molar-refractivity contribution >= 4 is 0 Å². The van der Waals surface area contributed by atoms with Crippen LogP contribution in [0, 0.1) is 11.3 Å². The van der Waals surface area contributed by atoms with E-state index in [1.807, 2.05) is 11.9 Å². The predicted molar refractivity (Wildman–Crippen MR) is 66.9 cm³/mol. The summed E-state index contributed by atoms with van der Waals surface area (Å²) in [6.45, 7) is 7.54. The molecule has 0 bridgehead atoms. The average Bonchev–Trinajstić information content (AvgIpc) is 2.40. The second-order valence-electron chi connectivity index (χ2n) is 5.46. The Bertz CT molecular complexity index is 378. The van der Waals surface area contributed by atoms with Gasteiger partial charge in [-0.05, 0) is 24.1 Å². The van der Waals surface area contributed by atoms with Crippen LogP contribution < -0.4 is 0 Å². The highest BCUT2D eigenvalue weighted by Crippen LogP contribution is 2.36. The molecule has 1 aliphatic carbocycles. The number of rotatable bonds is 1. The van der Waals surface area contributed by atoms with Crippen molar-refractivity contribution in [3.8, 4) is 0 Å². The molecule has 1 aliphatic heterocycles. The van der Waals surface area contributed by atoms with Gasteiger partial charge in [-0.1, -0.05) is 45.1 Å². The van der Waals surface area contributed by atoms with E-state index in [-0.39, 0.29) is 5.41 Å². The number of aliphatic hydroxyl groups is 1. The first kappa shape index (κ1) is 11.6. The zero-order valence-electron chi connectivity index (χ0n) is 10.6. The van der Waals surface area contributed by atoms with E-state index in [1.54, 1.807) is 0 Å². The predicted octanol–water partition coefficient (Wildman–Crippen LogP) is 2.34. The first-order valence-electron chi connectivity index (χ1n) is 5.94. The number of allylic oxidation sites excluding steroid dienone is 2. The van der Waals surface area contributed by atoms with Gasteiger partial charge in [-0.3, -0.25) is 4.90 Å². The van der Waals surface area contributed by atoms with Crippen LogP contribution in [0.2, 0.25) is 0 Å². The third kappa shape index (κ3) is 1.76. The molecule has 1 heterocycles. The Kier molecular flexibility index (Phi) is 2.81. The zero-order chi connectivity index (χ0) is 11.9. The van der Waals surface area contributed by atoms with Crippen molar-refractivity contribution in [2.24, 2.45) is 11.3 Å². The SMILES string of the molecule is CC(C)C1(C)C=CC2=C(C=C1)C(O)N(C)C2. The molecule has 0 aromatic heterocycles. The van der Waals surface area contributed by atoms with Crippen molar-refractivity contribution in [2.75, 3.05) is 13.6 Å². The Labute approximate surface area is 98.0 Å². The Hall–Kier alpha value is -0.860. The Morgan fingerprint density at radius 3 is 2.62 bits per heavy atom. The van der Waals surface area contributed by atoms with Gasteiger partial charge in [0, 0.05) is 12.0 Å². The first-order chi connectivity index (χ1) is 7.44. The highest BCUT2D eigenvalue weighted by molar-refractivity contribution is 5.44. The lowest BCUT2D eigenvalue weighted by atomic mass is 9.78. The first-order valence-corrected chi connectivity index (χ1v) is 5.94. The number of nitrogens with zero attached hydrogens (tertiary/aromatic N) is 1. The molecular weight excluding hydrogens is 198 g/mol. The smallest absolute Gasteiger partial charge is 0.133 e. The fourth-order valence-electron chi connectivity index (χ4n) is 2.18. The summed E-state index contributed by atoms with van der Waals surface area (Å²) in [6.07, 6.45) is 8.33. The number of likely N-dealkylation sites (N-methyl/N-ethyl adjacent to an activating group) is 1. The summed E-state index contributed by atoms with van der Waals surface area (Å²) in [5.41, 5.74) is 2.40. The molecule has 0 aromatic rings. The lowest BCUT2D eigenvalue weighted by molar-refractivity contribution is 0.0781. The quantitative estimate of drug-likeness (QED) is 0.731. The van der Waals surface area contributed by atoms with Gasteiger partial charge in [-0.25, -0.2) is 0 Å². The van der Waals surface area contributed by atoms with Gasteiger partial charge in [0.1, 0.15) is 6.23 Å². The molecule has 2 heteroatoms. The molecular formula is C14H21NO. The molecule has 2 rings (SSSR count). The Balaban J connectivity index is 2.32. The lowest BCUT2D eigenvalue weighted by Crippen LogP contribution is -2.27. The summed E-state index contributed by atoms with van der Waals surface area (Å²) in [4.78, 5) is 1.96. The van der Waals surface area contributed by atoms with Crippen LogP contribution in [0.4, 0.5) is 0 Å². The molecule has 0 spiro atoms. The maximum absolute atomic E-state index is 10.0. The van der Waals surface area contributed by atoms with Crippen LogP contribution in [0.25, 0.3) is 0 Å². The zero-order valence-corrected chi connectivity index (χ0v) is 10.6.